The van der Waals surface area contributed by atoms with Crippen molar-refractivity contribution >= 4 is 44.3 Å². The quantitative estimate of drug-likeness (QED) is 0.215. The smallest absolute Gasteiger partial charge is 0.168 e. The highest BCUT2D eigenvalue weighted by Gasteiger charge is 2.22. The molecule has 206 valence electrons. The summed E-state index contributed by atoms with van der Waals surface area (Å²) in [7, 11) is 0. The van der Waals surface area contributed by atoms with Gasteiger partial charge in [0.15, 0.2) is 11.3 Å². The summed E-state index contributed by atoms with van der Waals surface area (Å²) in [5, 5.41) is 1.02. The highest BCUT2D eigenvalue weighted by molar-refractivity contribution is 6.11. The van der Waals surface area contributed by atoms with E-state index < -0.39 is 0 Å². The molecular weight excluding hydrogens is 542 g/mol. The molecule has 0 radical (unpaired) electrons. The van der Waals surface area contributed by atoms with Gasteiger partial charge in [-0.2, -0.15) is 0 Å². The molecule has 0 aliphatic heterocycles. The van der Waals surface area contributed by atoms with Crippen LogP contribution in [0.4, 0.5) is 0 Å². The highest BCUT2D eigenvalue weighted by Crippen LogP contribution is 2.35. The third kappa shape index (κ3) is 3.73. The Balaban J connectivity index is 1.29. The lowest BCUT2D eigenvalue weighted by Crippen LogP contribution is -2.00. The molecule has 0 amide bonds. The Morgan fingerprint density at radius 3 is 1.61 bits per heavy atom. The molecule has 0 aliphatic carbocycles. The van der Waals surface area contributed by atoms with Gasteiger partial charge in [0.05, 0.1) is 46.2 Å². The maximum absolute atomic E-state index is 5.33. The van der Waals surface area contributed by atoms with Crippen molar-refractivity contribution in [1.82, 2.24) is 34.1 Å². The van der Waals surface area contributed by atoms with Gasteiger partial charge in [-0.1, -0.05) is 78.9 Å². The van der Waals surface area contributed by atoms with Gasteiger partial charge in [0, 0.05) is 22.7 Å². The molecule has 9 rings (SSSR count). The Morgan fingerprint density at radius 2 is 0.977 bits per heavy atom. The maximum Gasteiger partial charge on any atom is 0.168 e. The van der Waals surface area contributed by atoms with E-state index in [-0.39, 0.29) is 0 Å². The lowest BCUT2D eigenvalue weighted by Gasteiger charge is -2.09. The van der Waals surface area contributed by atoms with Crippen LogP contribution < -0.4 is 0 Å². The van der Waals surface area contributed by atoms with Crippen molar-refractivity contribution in [2.75, 3.05) is 0 Å². The molecule has 7 nitrogen and oxygen atoms in total. The van der Waals surface area contributed by atoms with Gasteiger partial charge < -0.3 is 0 Å². The molecule has 0 bridgehead atoms. The lowest BCUT2D eigenvalue weighted by atomic mass is 10.1. The minimum Gasteiger partial charge on any atom is -0.291 e. The van der Waals surface area contributed by atoms with Crippen LogP contribution in [0.5, 0.6) is 0 Å². The van der Waals surface area contributed by atoms with Gasteiger partial charge in [-0.05, 0) is 42.5 Å². The second kappa shape index (κ2) is 9.68. The van der Waals surface area contributed by atoms with Crippen molar-refractivity contribution in [1.29, 1.82) is 0 Å². The highest BCUT2D eigenvalue weighted by atomic mass is 15.1. The van der Waals surface area contributed by atoms with Crippen LogP contribution in [0.1, 0.15) is 0 Å². The average Bonchev–Trinajstić information content (AvgIpc) is 3.60. The van der Waals surface area contributed by atoms with Gasteiger partial charge in [0.2, 0.25) is 0 Å². The van der Waals surface area contributed by atoms with Gasteiger partial charge in [-0.3, -0.25) is 24.1 Å². The maximum atomic E-state index is 5.33. The first-order chi connectivity index (χ1) is 21.8. The summed E-state index contributed by atoms with van der Waals surface area (Å²) in [5.74, 6) is 0. The summed E-state index contributed by atoms with van der Waals surface area (Å²) < 4.78 is 4.25. The molecule has 0 saturated carbocycles. The zero-order chi connectivity index (χ0) is 29.0. The molecule has 3 aromatic carbocycles. The molecule has 9 aromatic rings. The minimum atomic E-state index is 0.721. The fourth-order valence-electron chi connectivity index (χ4n) is 6.04. The summed E-state index contributed by atoms with van der Waals surface area (Å²) in [5.41, 5.74) is 11.6. The van der Waals surface area contributed by atoms with E-state index in [1.807, 2.05) is 73.1 Å². The molecule has 0 spiro atoms. The average molecular weight is 566 g/mol. The Bertz CT molecular complexity index is 2290. The predicted molar refractivity (Wildman–Crippen MR) is 175 cm³/mol. The minimum absolute atomic E-state index is 0.721. The van der Waals surface area contributed by atoms with Crippen molar-refractivity contribution < 1.29 is 0 Å². The van der Waals surface area contributed by atoms with Crippen LogP contribution in [0.2, 0.25) is 0 Å². The van der Waals surface area contributed by atoms with Crippen LogP contribution in [0.15, 0.2) is 140 Å². The molecule has 0 atom stereocenters. The van der Waals surface area contributed by atoms with Crippen LogP contribution in [0.25, 0.3) is 78.2 Å². The first kappa shape index (κ1) is 24.4. The van der Waals surface area contributed by atoms with Crippen molar-refractivity contribution in [3.63, 3.8) is 0 Å². The third-order valence-electron chi connectivity index (χ3n) is 8.09. The molecule has 0 fully saturated rings. The number of para-hydroxylation sites is 1. The number of aromatic nitrogens is 7. The number of hydrogen-bond donors (Lipinski definition) is 0. The topological polar surface area (TPSA) is 74.3 Å². The normalized spacial score (nSPS) is 11.6. The first-order valence-corrected chi connectivity index (χ1v) is 14.4. The zero-order valence-electron chi connectivity index (χ0n) is 23.4. The van der Waals surface area contributed by atoms with E-state index in [4.69, 9.17) is 24.9 Å². The molecule has 0 unspecified atom stereocenters. The van der Waals surface area contributed by atoms with Crippen LogP contribution >= 0.6 is 0 Å². The van der Waals surface area contributed by atoms with Crippen molar-refractivity contribution in [2.45, 2.75) is 0 Å². The van der Waals surface area contributed by atoms with E-state index in [2.05, 4.69) is 69.8 Å². The van der Waals surface area contributed by atoms with E-state index in [0.29, 0.717) is 0 Å². The second-order valence-electron chi connectivity index (χ2n) is 10.7. The summed E-state index contributed by atoms with van der Waals surface area (Å²) in [4.78, 5) is 25.0. The van der Waals surface area contributed by atoms with E-state index >= 15 is 0 Å². The van der Waals surface area contributed by atoms with E-state index in [0.717, 1.165) is 78.2 Å². The predicted octanol–water partition coefficient (Wildman–Crippen LogP) is 8.19. The summed E-state index contributed by atoms with van der Waals surface area (Å²) >= 11 is 0. The van der Waals surface area contributed by atoms with Crippen LogP contribution in [0.3, 0.4) is 0 Å². The molecular formula is C37H23N7. The molecule has 6 heterocycles. The van der Waals surface area contributed by atoms with Gasteiger partial charge in [0.1, 0.15) is 16.6 Å². The number of rotatable bonds is 4. The Hall–Kier alpha value is -6.21. The van der Waals surface area contributed by atoms with Crippen LogP contribution in [0, 0.1) is 0 Å². The van der Waals surface area contributed by atoms with E-state index in [1.54, 1.807) is 6.20 Å². The number of hydrogen-bond acceptors (Lipinski definition) is 5. The van der Waals surface area contributed by atoms with E-state index in [9.17, 15) is 0 Å². The van der Waals surface area contributed by atoms with Crippen molar-refractivity contribution in [3.8, 4) is 33.9 Å². The summed E-state index contributed by atoms with van der Waals surface area (Å²) in [6.45, 7) is 0. The molecule has 7 heteroatoms. The van der Waals surface area contributed by atoms with Gasteiger partial charge in [-0.25, -0.2) is 9.97 Å². The summed E-state index contributed by atoms with van der Waals surface area (Å²) in [6.07, 6.45) is 5.60. The van der Waals surface area contributed by atoms with Gasteiger partial charge in [0.25, 0.3) is 0 Å². The first-order valence-electron chi connectivity index (χ1n) is 14.4. The molecule has 0 aliphatic rings. The monoisotopic (exact) mass is 565 g/mol. The van der Waals surface area contributed by atoms with Gasteiger partial charge in [-0.15, -0.1) is 0 Å². The van der Waals surface area contributed by atoms with Crippen molar-refractivity contribution in [2.24, 2.45) is 0 Å². The zero-order valence-corrected chi connectivity index (χ0v) is 23.4. The largest absolute Gasteiger partial charge is 0.291 e. The fraction of sp³-hybridized carbons (Fsp3) is 0. The van der Waals surface area contributed by atoms with Crippen molar-refractivity contribution in [3.05, 3.63) is 140 Å². The number of benzene rings is 3. The lowest BCUT2D eigenvalue weighted by molar-refractivity contribution is 1.08. The molecule has 44 heavy (non-hydrogen) atoms. The molecule has 0 N–H and O–H groups in total. The van der Waals surface area contributed by atoms with E-state index in [1.165, 1.54) is 0 Å². The Morgan fingerprint density at radius 1 is 0.409 bits per heavy atom. The van der Waals surface area contributed by atoms with Crippen LogP contribution in [-0.2, 0) is 0 Å². The number of fused-ring (bicyclic) bond motifs is 6. The number of pyridine rings is 3. The number of nitrogens with zero attached hydrogens (tertiary/aromatic N) is 7. The second-order valence-corrected chi connectivity index (χ2v) is 10.7. The molecule has 0 saturated heterocycles. The summed E-state index contributed by atoms with van der Waals surface area (Å²) in [6, 6.07) is 40.9. The SMILES string of the molecule is c1ccc(-c2ccc(-n3c4ccccc4c4nc5c6ncccc6n(-c6ccc(-c7ccccc7)nc6)c5nc43)cn2)cc1. The standard InChI is InChI=1S/C37H23N7/c1-3-10-24(11-4-1)29-19-17-26(22-39-29)43-31-15-8-7-14-28(31)33-36(43)42-37-35(41-33)34-32(16-9-21-38-34)44(37)27-18-20-30(40-23-27)25-12-5-2-6-13-25/h1-23H. The Labute approximate surface area is 251 Å². The Kier molecular flexibility index (Phi) is 5.36. The molecule has 6 aromatic heterocycles. The van der Waals surface area contributed by atoms with Crippen LogP contribution in [-0.4, -0.2) is 34.1 Å². The third-order valence-corrected chi connectivity index (χ3v) is 8.09. The van der Waals surface area contributed by atoms with Gasteiger partial charge >= 0.3 is 0 Å². The fourth-order valence-corrected chi connectivity index (χ4v) is 6.04.